The number of ether oxygens (including phenoxy) is 1. The van der Waals surface area contributed by atoms with Gasteiger partial charge in [-0.3, -0.25) is 0 Å². The van der Waals surface area contributed by atoms with Gasteiger partial charge in [0.2, 0.25) is 0 Å². The van der Waals surface area contributed by atoms with Gasteiger partial charge < -0.3 is 15.4 Å². The van der Waals surface area contributed by atoms with Crippen LogP contribution >= 0.6 is 12.2 Å². The van der Waals surface area contributed by atoms with Gasteiger partial charge in [-0.05, 0) is 56.1 Å². The lowest BCUT2D eigenvalue weighted by molar-refractivity contribution is 0.163. The Bertz CT molecular complexity index is 458. The zero-order valence-corrected chi connectivity index (χ0v) is 13.1. The van der Waals surface area contributed by atoms with Crippen LogP contribution in [-0.4, -0.2) is 29.4 Å². The van der Waals surface area contributed by atoms with Crippen LogP contribution in [0.1, 0.15) is 37.7 Å². The van der Waals surface area contributed by atoms with Crippen LogP contribution in [0.25, 0.3) is 0 Å². The zero-order valence-electron chi connectivity index (χ0n) is 12.2. The van der Waals surface area contributed by atoms with Crippen LogP contribution in [0.15, 0.2) is 18.3 Å². The lowest BCUT2D eigenvalue weighted by Crippen LogP contribution is -2.48. The van der Waals surface area contributed by atoms with Gasteiger partial charge in [0.1, 0.15) is 5.82 Å². The molecule has 4 nitrogen and oxygen atoms in total. The number of hydrogen-bond donors (Lipinski definition) is 2. The van der Waals surface area contributed by atoms with E-state index in [9.17, 15) is 0 Å². The third-order valence-electron chi connectivity index (χ3n) is 3.88. The molecule has 0 spiro atoms. The van der Waals surface area contributed by atoms with E-state index >= 15 is 0 Å². The van der Waals surface area contributed by atoms with Gasteiger partial charge in [-0.25, -0.2) is 4.98 Å². The molecular formula is C15H23N3OS. The van der Waals surface area contributed by atoms with Crippen molar-refractivity contribution in [2.75, 3.05) is 19.0 Å². The number of aryl methyl sites for hydroxylation is 1. The molecule has 0 unspecified atom stereocenters. The highest BCUT2D eigenvalue weighted by atomic mass is 32.1. The first kappa shape index (κ1) is 15.2. The summed E-state index contributed by atoms with van der Waals surface area (Å²) in [6, 6.07) is 3.96. The van der Waals surface area contributed by atoms with Crippen molar-refractivity contribution in [2.45, 2.75) is 44.6 Å². The molecule has 2 N–H and O–H groups in total. The minimum absolute atomic E-state index is 0.0872. The second-order valence-electron chi connectivity index (χ2n) is 5.53. The van der Waals surface area contributed by atoms with Crippen LogP contribution in [0.4, 0.5) is 5.82 Å². The number of pyridine rings is 1. The molecule has 1 heterocycles. The molecule has 0 aromatic carbocycles. The third kappa shape index (κ3) is 4.15. The predicted octanol–water partition coefficient (Wildman–Crippen LogP) is 3.03. The molecule has 1 aromatic heterocycles. The lowest BCUT2D eigenvalue weighted by atomic mass is 9.94. The van der Waals surface area contributed by atoms with Gasteiger partial charge in [0, 0.05) is 25.5 Å². The molecule has 5 heteroatoms. The highest BCUT2D eigenvalue weighted by Crippen LogP contribution is 2.32. The third-order valence-corrected chi connectivity index (χ3v) is 4.09. The number of thiocarbonyl (C=S) groups is 1. The average molecular weight is 293 g/mol. The molecule has 1 saturated carbocycles. The molecule has 1 aromatic rings. The molecule has 1 aliphatic carbocycles. The second-order valence-corrected chi connectivity index (χ2v) is 5.94. The highest BCUT2D eigenvalue weighted by molar-refractivity contribution is 7.80. The van der Waals surface area contributed by atoms with E-state index in [1.54, 1.807) is 13.3 Å². The fraction of sp³-hybridized carbons (Fsp3) is 0.600. The Labute approximate surface area is 126 Å². The summed E-state index contributed by atoms with van der Waals surface area (Å²) in [5, 5.41) is 7.33. The van der Waals surface area contributed by atoms with E-state index < -0.39 is 0 Å². The van der Waals surface area contributed by atoms with Gasteiger partial charge >= 0.3 is 0 Å². The summed E-state index contributed by atoms with van der Waals surface area (Å²) in [5.74, 6) is 0.794. The molecule has 0 bridgehead atoms. The Hall–Kier alpha value is -1.20. The summed E-state index contributed by atoms with van der Waals surface area (Å²) in [5.41, 5.74) is 1.25. The SMILES string of the molecule is COCCC1(NC(=S)Nc2cc(C)ccn2)CCCC1. The van der Waals surface area contributed by atoms with E-state index in [0.717, 1.165) is 31.7 Å². The number of methoxy groups -OCH3 is 1. The maximum Gasteiger partial charge on any atom is 0.172 e. The van der Waals surface area contributed by atoms with E-state index in [1.807, 2.05) is 19.1 Å². The summed E-state index contributed by atoms with van der Waals surface area (Å²) in [6.45, 7) is 2.80. The van der Waals surface area contributed by atoms with Crippen molar-refractivity contribution in [3.05, 3.63) is 23.9 Å². The van der Waals surface area contributed by atoms with Crippen molar-refractivity contribution in [1.82, 2.24) is 10.3 Å². The van der Waals surface area contributed by atoms with E-state index in [4.69, 9.17) is 17.0 Å². The normalized spacial score (nSPS) is 16.9. The van der Waals surface area contributed by atoms with Crippen LogP contribution in [0.5, 0.6) is 0 Å². The molecule has 0 aliphatic heterocycles. The van der Waals surface area contributed by atoms with Gasteiger partial charge in [0.25, 0.3) is 0 Å². The van der Waals surface area contributed by atoms with Crippen molar-refractivity contribution in [1.29, 1.82) is 0 Å². The minimum atomic E-state index is 0.0872. The quantitative estimate of drug-likeness (QED) is 0.817. The smallest absolute Gasteiger partial charge is 0.172 e. The van der Waals surface area contributed by atoms with Gasteiger partial charge in [-0.15, -0.1) is 0 Å². The number of anilines is 1. The molecule has 0 radical (unpaired) electrons. The van der Waals surface area contributed by atoms with Gasteiger partial charge in [-0.2, -0.15) is 0 Å². The number of nitrogens with zero attached hydrogens (tertiary/aromatic N) is 1. The van der Waals surface area contributed by atoms with E-state index in [0.29, 0.717) is 5.11 Å². The lowest BCUT2D eigenvalue weighted by Gasteiger charge is -2.31. The first-order valence-corrected chi connectivity index (χ1v) is 7.55. The molecule has 1 fully saturated rings. The monoisotopic (exact) mass is 293 g/mol. The van der Waals surface area contributed by atoms with Crippen LogP contribution in [-0.2, 0) is 4.74 Å². The predicted molar refractivity (Wildman–Crippen MR) is 86.0 cm³/mol. The largest absolute Gasteiger partial charge is 0.385 e. The first-order valence-electron chi connectivity index (χ1n) is 7.14. The van der Waals surface area contributed by atoms with Crippen LogP contribution < -0.4 is 10.6 Å². The maximum absolute atomic E-state index is 5.44. The van der Waals surface area contributed by atoms with Gasteiger partial charge in [0.05, 0.1) is 0 Å². The number of nitrogens with one attached hydrogen (secondary N) is 2. The standard InChI is InChI=1S/C15H23N3OS/c1-12-5-9-16-13(11-12)17-14(20)18-15(8-10-19-2)6-3-4-7-15/h5,9,11H,3-4,6-8,10H2,1-2H3,(H2,16,17,18,20). The van der Waals surface area contributed by atoms with E-state index in [2.05, 4.69) is 15.6 Å². The second kappa shape index (κ2) is 6.99. The van der Waals surface area contributed by atoms with Crippen LogP contribution in [0.2, 0.25) is 0 Å². The molecule has 110 valence electrons. The van der Waals surface area contributed by atoms with E-state index in [1.165, 1.54) is 18.4 Å². The number of hydrogen-bond acceptors (Lipinski definition) is 3. The highest BCUT2D eigenvalue weighted by Gasteiger charge is 2.33. The molecular weight excluding hydrogens is 270 g/mol. The summed E-state index contributed by atoms with van der Waals surface area (Å²) in [7, 11) is 1.75. The fourth-order valence-corrected chi connectivity index (χ4v) is 3.10. The molecule has 0 saturated heterocycles. The molecule has 0 atom stereocenters. The van der Waals surface area contributed by atoms with E-state index in [-0.39, 0.29) is 5.54 Å². The molecule has 2 rings (SSSR count). The summed E-state index contributed by atoms with van der Waals surface area (Å²) >= 11 is 5.44. The van der Waals surface area contributed by atoms with Crippen molar-refractivity contribution in [3.8, 4) is 0 Å². The average Bonchev–Trinajstić information content (AvgIpc) is 2.85. The molecule has 20 heavy (non-hydrogen) atoms. The van der Waals surface area contributed by atoms with Crippen molar-refractivity contribution in [3.63, 3.8) is 0 Å². The molecule has 1 aliphatic rings. The summed E-state index contributed by atoms with van der Waals surface area (Å²) in [4.78, 5) is 4.28. The minimum Gasteiger partial charge on any atom is -0.385 e. The Morgan fingerprint density at radius 3 is 2.85 bits per heavy atom. The Balaban J connectivity index is 1.94. The van der Waals surface area contributed by atoms with Gasteiger partial charge in [0.15, 0.2) is 5.11 Å². The summed E-state index contributed by atoms with van der Waals surface area (Å²) < 4.78 is 5.23. The number of aromatic nitrogens is 1. The van der Waals surface area contributed by atoms with Crippen molar-refractivity contribution < 1.29 is 4.74 Å². The zero-order chi connectivity index (χ0) is 14.4. The summed E-state index contributed by atoms with van der Waals surface area (Å²) in [6.07, 6.45) is 7.59. The van der Waals surface area contributed by atoms with Crippen LogP contribution in [0.3, 0.4) is 0 Å². The first-order chi connectivity index (χ1) is 9.63. The Kier molecular flexibility index (Phi) is 5.31. The number of rotatable bonds is 5. The maximum atomic E-state index is 5.44. The topological polar surface area (TPSA) is 46.2 Å². The Morgan fingerprint density at radius 2 is 2.20 bits per heavy atom. The fourth-order valence-electron chi connectivity index (χ4n) is 2.78. The van der Waals surface area contributed by atoms with Crippen LogP contribution in [0, 0.1) is 6.92 Å². The van der Waals surface area contributed by atoms with Crippen molar-refractivity contribution >= 4 is 23.1 Å². The van der Waals surface area contributed by atoms with Gasteiger partial charge in [-0.1, -0.05) is 12.8 Å². The Morgan fingerprint density at radius 1 is 1.45 bits per heavy atom. The van der Waals surface area contributed by atoms with Crippen molar-refractivity contribution in [2.24, 2.45) is 0 Å². The molecule has 0 amide bonds.